The van der Waals surface area contributed by atoms with Crippen LogP contribution in [0.4, 0.5) is 5.82 Å². The molecule has 1 aromatic rings. The minimum absolute atomic E-state index is 0.114. The smallest absolute Gasteiger partial charge is 0.232 e. The lowest BCUT2D eigenvalue weighted by Gasteiger charge is -2.20. The third kappa shape index (κ3) is 2.82. The summed E-state index contributed by atoms with van der Waals surface area (Å²) >= 11 is 0. The van der Waals surface area contributed by atoms with Gasteiger partial charge in [0.2, 0.25) is 5.91 Å². The molecule has 0 unspecified atom stereocenters. The maximum absolute atomic E-state index is 11.8. The van der Waals surface area contributed by atoms with Gasteiger partial charge in [0, 0.05) is 18.3 Å². The lowest BCUT2D eigenvalue weighted by Crippen LogP contribution is -2.37. The number of nitrogens with two attached hydrogens (primary N) is 1. The highest BCUT2D eigenvalue weighted by atomic mass is 16.2. The van der Waals surface area contributed by atoms with E-state index in [0.29, 0.717) is 18.3 Å². The van der Waals surface area contributed by atoms with Crippen molar-refractivity contribution >= 4 is 11.7 Å². The first-order valence-corrected chi connectivity index (χ1v) is 5.43. The molecule has 1 rings (SSSR count). The molecule has 0 aliphatic rings. The highest BCUT2D eigenvalue weighted by molar-refractivity contribution is 5.94. The van der Waals surface area contributed by atoms with E-state index < -0.39 is 5.41 Å². The van der Waals surface area contributed by atoms with E-state index in [1.165, 1.54) is 0 Å². The van der Waals surface area contributed by atoms with Gasteiger partial charge >= 0.3 is 0 Å². The number of amides is 1. The molecular weight excluding hydrogens is 204 g/mol. The Labute approximate surface area is 95.8 Å². The number of carbonyl (C=O) groups excluding carboxylic acids is 1. The second-order valence-electron chi connectivity index (χ2n) is 4.91. The maximum atomic E-state index is 11.8. The molecule has 0 aliphatic heterocycles. The molecule has 0 fully saturated rings. The van der Waals surface area contributed by atoms with Crippen LogP contribution in [0, 0.1) is 5.41 Å². The first-order valence-electron chi connectivity index (χ1n) is 5.43. The van der Waals surface area contributed by atoms with Gasteiger partial charge in [-0.2, -0.15) is 5.10 Å². The normalized spacial score (nSPS) is 11.9. The van der Waals surface area contributed by atoms with E-state index in [9.17, 15) is 4.79 Å². The summed E-state index contributed by atoms with van der Waals surface area (Å²) in [6, 6.07) is 1.84. The fourth-order valence-electron chi connectivity index (χ4n) is 1.07. The zero-order valence-electron chi connectivity index (χ0n) is 10.3. The number of H-pyrrole nitrogens is 1. The molecule has 0 atom stereocenters. The average Bonchev–Trinajstić information content (AvgIpc) is 2.66. The molecule has 1 amide bonds. The van der Waals surface area contributed by atoms with Crippen LogP contribution in [-0.2, 0) is 4.79 Å². The number of hydrogen-bond donors (Lipinski definition) is 3. The molecule has 0 radical (unpaired) electrons. The van der Waals surface area contributed by atoms with Crippen LogP contribution in [-0.4, -0.2) is 22.6 Å². The van der Waals surface area contributed by atoms with E-state index in [2.05, 4.69) is 29.4 Å². The lowest BCUT2D eigenvalue weighted by molar-refractivity contribution is -0.123. The Kier molecular flexibility index (Phi) is 3.70. The Balaban J connectivity index is 2.70. The Bertz CT molecular complexity index is 368. The molecule has 0 aromatic carbocycles. The molecular formula is C11H20N4O. The van der Waals surface area contributed by atoms with E-state index >= 15 is 0 Å². The van der Waals surface area contributed by atoms with E-state index in [1.54, 1.807) is 13.8 Å². The molecule has 4 N–H and O–H groups in total. The molecule has 16 heavy (non-hydrogen) atoms. The first kappa shape index (κ1) is 12.7. The van der Waals surface area contributed by atoms with Crippen LogP contribution in [0.1, 0.15) is 39.3 Å². The minimum atomic E-state index is -0.572. The molecule has 1 heterocycles. The van der Waals surface area contributed by atoms with E-state index in [-0.39, 0.29) is 5.91 Å². The fourth-order valence-corrected chi connectivity index (χ4v) is 1.07. The van der Waals surface area contributed by atoms with Crippen LogP contribution in [0.15, 0.2) is 6.07 Å². The summed E-state index contributed by atoms with van der Waals surface area (Å²) in [6.45, 7) is 8.03. The van der Waals surface area contributed by atoms with Gasteiger partial charge in [-0.1, -0.05) is 13.8 Å². The fraction of sp³-hybridized carbons (Fsp3) is 0.636. The van der Waals surface area contributed by atoms with Gasteiger partial charge in [-0.3, -0.25) is 9.89 Å². The van der Waals surface area contributed by atoms with Crippen molar-refractivity contribution in [3.05, 3.63) is 11.8 Å². The van der Waals surface area contributed by atoms with Crippen LogP contribution < -0.4 is 11.1 Å². The number of aromatic amines is 1. The minimum Gasteiger partial charge on any atom is -0.329 e. The monoisotopic (exact) mass is 224 g/mol. The lowest BCUT2D eigenvalue weighted by atomic mass is 9.93. The maximum Gasteiger partial charge on any atom is 0.232 e. The number of nitrogens with one attached hydrogen (secondary N) is 2. The summed E-state index contributed by atoms with van der Waals surface area (Å²) in [7, 11) is 0. The number of anilines is 1. The van der Waals surface area contributed by atoms with Crippen molar-refractivity contribution in [2.75, 3.05) is 11.9 Å². The van der Waals surface area contributed by atoms with Crippen LogP contribution in [0.25, 0.3) is 0 Å². The van der Waals surface area contributed by atoms with Gasteiger partial charge in [0.25, 0.3) is 0 Å². The Morgan fingerprint density at radius 3 is 2.69 bits per heavy atom. The van der Waals surface area contributed by atoms with Gasteiger partial charge in [0.05, 0.1) is 5.41 Å². The zero-order chi connectivity index (χ0) is 12.3. The SMILES string of the molecule is CC(C)c1cc(NC(=O)C(C)(C)CN)n[nH]1. The summed E-state index contributed by atoms with van der Waals surface area (Å²) < 4.78 is 0. The zero-order valence-corrected chi connectivity index (χ0v) is 10.3. The number of carbonyl (C=O) groups is 1. The quantitative estimate of drug-likeness (QED) is 0.724. The molecule has 0 bridgehead atoms. The third-order valence-electron chi connectivity index (χ3n) is 2.59. The van der Waals surface area contributed by atoms with E-state index in [1.807, 2.05) is 6.07 Å². The second kappa shape index (κ2) is 4.65. The van der Waals surface area contributed by atoms with Gasteiger partial charge in [-0.15, -0.1) is 0 Å². The van der Waals surface area contributed by atoms with Crippen molar-refractivity contribution in [2.24, 2.45) is 11.1 Å². The molecule has 5 heteroatoms. The molecule has 5 nitrogen and oxygen atoms in total. The summed E-state index contributed by atoms with van der Waals surface area (Å²) in [4.78, 5) is 11.8. The first-order chi connectivity index (χ1) is 7.36. The van der Waals surface area contributed by atoms with Crippen molar-refractivity contribution in [1.82, 2.24) is 10.2 Å². The molecule has 0 aliphatic carbocycles. The third-order valence-corrected chi connectivity index (χ3v) is 2.59. The van der Waals surface area contributed by atoms with Crippen LogP contribution in [0.3, 0.4) is 0 Å². The molecule has 0 spiro atoms. The predicted octanol–water partition coefficient (Wildman–Crippen LogP) is 1.46. The molecule has 1 aromatic heterocycles. The van der Waals surface area contributed by atoms with Gasteiger partial charge in [-0.25, -0.2) is 0 Å². The van der Waals surface area contributed by atoms with Crippen LogP contribution >= 0.6 is 0 Å². The number of nitrogens with zero attached hydrogens (tertiary/aromatic N) is 1. The average molecular weight is 224 g/mol. The number of hydrogen-bond acceptors (Lipinski definition) is 3. The number of rotatable bonds is 4. The van der Waals surface area contributed by atoms with Crippen molar-refractivity contribution in [2.45, 2.75) is 33.6 Å². The highest BCUT2D eigenvalue weighted by Gasteiger charge is 2.26. The van der Waals surface area contributed by atoms with E-state index in [0.717, 1.165) is 5.69 Å². The molecule has 0 saturated heterocycles. The number of aromatic nitrogens is 2. The largest absolute Gasteiger partial charge is 0.329 e. The van der Waals surface area contributed by atoms with Crippen molar-refractivity contribution in [3.8, 4) is 0 Å². The molecule has 0 saturated carbocycles. The predicted molar refractivity (Wildman–Crippen MR) is 64.1 cm³/mol. The highest BCUT2D eigenvalue weighted by Crippen LogP contribution is 2.18. The summed E-state index contributed by atoms with van der Waals surface area (Å²) in [6.07, 6.45) is 0. The summed E-state index contributed by atoms with van der Waals surface area (Å²) in [5, 5.41) is 9.66. The van der Waals surface area contributed by atoms with Crippen molar-refractivity contribution in [1.29, 1.82) is 0 Å². The van der Waals surface area contributed by atoms with Gasteiger partial charge < -0.3 is 11.1 Å². The van der Waals surface area contributed by atoms with Crippen LogP contribution in [0.2, 0.25) is 0 Å². The summed E-state index contributed by atoms with van der Waals surface area (Å²) in [5.74, 6) is 0.799. The Hall–Kier alpha value is -1.36. The van der Waals surface area contributed by atoms with Gasteiger partial charge in [-0.05, 0) is 19.8 Å². The Morgan fingerprint density at radius 2 is 2.25 bits per heavy atom. The van der Waals surface area contributed by atoms with Crippen molar-refractivity contribution in [3.63, 3.8) is 0 Å². The topological polar surface area (TPSA) is 83.8 Å². The van der Waals surface area contributed by atoms with Crippen LogP contribution in [0.5, 0.6) is 0 Å². The summed E-state index contributed by atoms with van der Waals surface area (Å²) in [5.41, 5.74) is 5.95. The van der Waals surface area contributed by atoms with Crippen molar-refractivity contribution < 1.29 is 4.79 Å². The van der Waals surface area contributed by atoms with E-state index in [4.69, 9.17) is 5.73 Å². The van der Waals surface area contributed by atoms with Gasteiger partial charge in [0.1, 0.15) is 0 Å². The van der Waals surface area contributed by atoms with Gasteiger partial charge in [0.15, 0.2) is 5.82 Å². The Morgan fingerprint density at radius 1 is 1.62 bits per heavy atom. The standard InChI is InChI=1S/C11H20N4O/c1-7(2)8-5-9(15-14-8)13-10(16)11(3,4)6-12/h5,7H,6,12H2,1-4H3,(H2,13,14,15,16). The second-order valence-corrected chi connectivity index (χ2v) is 4.91. The molecule has 90 valence electrons.